The number of carbonyl (C=O) groups excluding carboxylic acids is 1. The summed E-state index contributed by atoms with van der Waals surface area (Å²) in [6.07, 6.45) is 0. The van der Waals surface area contributed by atoms with Crippen LogP contribution < -0.4 is 0 Å². The molecular weight excluding hydrogens is 296 g/mol. The summed E-state index contributed by atoms with van der Waals surface area (Å²) in [6.45, 7) is 2.21. The maximum absolute atomic E-state index is 12.1. The van der Waals surface area contributed by atoms with Gasteiger partial charge in [-0.1, -0.05) is 22.0 Å². The number of carbonyl (C=O) groups is 1. The number of amides is 1. The molecule has 0 fully saturated rings. The smallest absolute Gasteiger partial charge is 0.254 e. The van der Waals surface area contributed by atoms with E-state index in [1.165, 1.54) is 0 Å². The van der Waals surface area contributed by atoms with Crippen LogP contribution >= 0.6 is 15.9 Å². The number of hydrogen-bond acceptors (Lipinski definition) is 3. The van der Waals surface area contributed by atoms with Crippen molar-refractivity contribution in [3.8, 4) is 0 Å². The van der Waals surface area contributed by atoms with Gasteiger partial charge in [-0.2, -0.15) is 5.10 Å². The Morgan fingerprint density at radius 1 is 1.50 bits per heavy atom. The zero-order chi connectivity index (χ0) is 13.1. The number of benzene rings is 1. The second-order valence-corrected chi connectivity index (χ2v) is 4.92. The molecule has 0 atom stereocenters. The van der Waals surface area contributed by atoms with Crippen molar-refractivity contribution in [2.45, 2.75) is 13.5 Å². The highest BCUT2D eigenvalue weighted by Crippen LogP contribution is 2.13. The van der Waals surface area contributed by atoms with Gasteiger partial charge in [-0.15, -0.1) is 0 Å². The summed E-state index contributed by atoms with van der Waals surface area (Å²) < 4.78 is 0.885. The summed E-state index contributed by atoms with van der Waals surface area (Å²) in [7, 11) is 1.73. The third-order valence-corrected chi connectivity index (χ3v) is 2.93. The minimum Gasteiger partial charge on any atom is -0.334 e. The van der Waals surface area contributed by atoms with Crippen LogP contribution in [0, 0.1) is 6.92 Å². The molecule has 1 amide bonds. The number of aryl methyl sites for hydroxylation is 1. The normalized spacial score (nSPS) is 10.4. The summed E-state index contributed by atoms with van der Waals surface area (Å²) in [4.78, 5) is 17.9. The van der Waals surface area contributed by atoms with Gasteiger partial charge < -0.3 is 4.90 Å². The van der Waals surface area contributed by atoms with Crippen LogP contribution in [-0.4, -0.2) is 33.0 Å². The Morgan fingerprint density at radius 2 is 2.28 bits per heavy atom. The van der Waals surface area contributed by atoms with Gasteiger partial charge in [0.2, 0.25) is 0 Å². The quantitative estimate of drug-likeness (QED) is 0.945. The summed E-state index contributed by atoms with van der Waals surface area (Å²) in [5, 5.41) is 6.77. The number of aromatic amines is 1. The molecule has 2 rings (SSSR count). The van der Waals surface area contributed by atoms with Gasteiger partial charge in [0.05, 0.1) is 6.54 Å². The lowest BCUT2D eigenvalue weighted by Gasteiger charge is -2.15. The Bertz CT molecular complexity index is 567. The van der Waals surface area contributed by atoms with Gasteiger partial charge in [0.15, 0.2) is 5.82 Å². The molecule has 0 spiro atoms. The van der Waals surface area contributed by atoms with Gasteiger partial charge in [0.25, 0.3) is 5.91 Å². The highest BCUT2D eigenvalue weighted by molar-refractivity contribution is 9.10. The molecule has 94 valence electrons. The number of nitrogens with one attached hydrogen (secondary N) is 1. The lowest BCUT2D eigenvalue weighted by atomic mass is 10.2. The SMILES string of the molecule is Cc1nc(CN(C)C(=O)c2cccc(Br)c2)n[nH]1. The maximum atomic E-state index is 12.1. The molecule has 0 saturated carbocycles. The number of nitrogens with zero attached hydrogens (tertiary/aromatic N) is 3. The molecule has 1 heterocycles. The average Bonchev–Trinajstić information content (AvgIpc) is 2.73. The van der Waals surface area contributed by atoms with Gasteiger partial charge in [-0.3, -0.25) is 9.89 Å². The fraction of sp³-hybridized carbons (Fsp3) is 0.250. The number of aromatic nitrogens is 3. The van der Waals surface area contributed by atoms with Crippen LogP contribution in [0.1, 0.15) is 22.0 Å². The molecule has 1 N–H and O–H groups in total. The highest BCUT2D eigenvalue weighted by Gasteiger charge is 2.13. The van der Waals surface area contributed by atoms with Gasteiger partial charge >= 0.3 is 0 Å². The summed E-state index contributed by atoms with van der Waals surface area (Å²) in [6, 6.07) is 7.30. The Morgan fingerprint density at radius 3 is 2.89 bits per heavy atom. The lowest BCUT2D eigenvalue weighted by Crippen LogP contribution is -2.26. The van der Waals surface area contributed by atoms with E-state index in [1.807, 2.05) is 19.1 Å². The molecule has 0 bridgehead atoms. The topological polar surface area (TPSA) is 61.9 Å². The standard InChI is InChI=1S/C12H13BrN4O/c1-8-14-11(16-15-8)7-17(2)12(18)9-4-3-5-10(13)6-9/h3-6H,7H2,1-2H3,(H,14,15,16). The van der Waals surface area contributed by atoms with Gasteiger partial charge in [0.1, 0.15) is 5.82 Å². The van der Waals surface area contributed by atoms with Crippen LogP contribution in [0.4, 0.5) is 0 Å². The van der Waals surface area contributed by atoms with E-state index in [0.29, 0.717) is 17.9 Å². The molecule has 2 aromatic rings. The van der Waals surface area contributed by atoms with Crippen LogP contribution in [-0.2, 0) is 6.54 Å². The van der Waals surface area contributed by atoms with Gasteiger partial charge in [-0.25, -0.2) is 4.98 Å². The van der Waals surface area contributed by atoms with Crippen molar-refractivity contribution in [1.82, 2.24) is 20.1 Å². The number of hydrogen-bond donors (Lipinski definition) is 1. The van der Waals surface area contributed by atoms with Crippen molar-refractivity contribution < 1.29 is 4.79 Å². The first-order valence-corrected chi connectivity index (χ1v) is 6.24. The van der Waals surface area contributed by atoms with Crippen LogP contribution in [0.25, 0.3) is 0 Å². The lowest BCUT2D eigenvalue weighted by molar-refractivity contribution is 0.0781. The zero-order valence-corrected chi connectivity index (χ0v) is 11.7. The molecule has 6 heteroatoms. The molecule has 18 heavy (non-hydrogen) atoms. The first kappa shape index (κ1) is 12.8. The molecule has 0 aliphatic carbocycles. The van der Waals surface area contributed by atoms with Crippen LogP contribution in [0.5, 0.6) is 0 Å². The van der Waals surface area contributed by atoms with E-state index >= 15 is 0 Å². The Kier molecular flexibility index (Phi) is 3.76. The fourth-order valence-electron chi connectivity index (χ4n) is 1.59. The summed E-state index contributed by atoms with van der Waals surface area (Å²) in [5.41, 5.74) is 0.638. The van der Waals surface area contributed by atoms with E-state index < -0.39 is 0 Å². The number of halogens is 1. The van der Waals surface area contributed by atoms with Gasteiger partial charge in [-0.05, 0) is 25.1 Å². The van der Waals surface area contributed by atoms with Crippen molar-refractivity contribution in [3.05, 3.63) is 46.0 Å². The number of rotatable bonds is 3. The summed E-state index contributed by atoms with van der Waals surface area (Å²) in [5.74, 6) is 1.30. The van der Waals surface area contributed by atoms with Crippen molar-refractivity contribution in [3.63, 3.8) is 0 Å². The van der Waals surface area contributed by atoms with Crippen molar-refractivity contribution in [2.24, 2.45) is 0 Å². The number of H-pyrrole nitrogens is 1. The van der Waals surface area contributed by atoms with E-state index in [1.54, 1.807) is 24.1 Å². The molecule has 0 aliphatic heterocycles. The molecule has 5 nitrogen and oxygen atoms in total. The largest absolute Gasteiger partial charge is 0.334 e. The third kappa shape index (κ3) is 2.95. The maximum Gasteiger partial charge on any atom is 0.254 e. The van der Waals surface area contributed by atoms with Crippen molar-refractivity contribution in [1.29, 1.82) is 0 Å². The third-order valence-electron chi connectivity index (χ3n) is 2.44. The Balaban J connectivity index is 2.09. The van der Waals surface area contributed by atoms with Crippen molar-refractivity contribution in [2.75, 3.05) is 7.05 Å². The second-order valence-electron chi connectivity index (χ2n) is 4.01. The van der Waals surface area contributed by atoms with Crippen LogP contribution in [0.15, 0.2) is 28.7 Å². The van der Waals surface area contributed by atoms with E-state index in [0.717, 1.165) is 10.3 Å². The van der Waals surface area contributed by atoms with Crippen molar-refractivity contribution >= 4 is 21.8 Å². The van der Waals surface area contributed by atoms with E-state index in [4.69, 9.17) is 0 Å². The first-order chi connectivity index (χ1) is 8.56. The molecule has 1 aromatic heterocycles. The van der Waals surface area contributed by atoms with Crippen LogP contribution in [0.3, 0.4) is 0 Å². The predicted octanol–water partition coefficient (Wildman–Crippen LogP) is 2.15. The first-order valence-electron chi connectivity index (χ1n) is 5.45. The highest BCUT2D eigenvalue weighted by atomic mass is 79.9. The minimum atomic E-state index is -0.0567. The summed E-state index contributed by atoms with van der Waals surface area (Å²) >= 11 is 3.35. The van der Waals surface area contributed by atoms with Crippen LogP contribution in [0.2, 0.25) is 0 Å². The molecule has 0 unspecified atom stereocenters. The van der Waals surface area contributed by atoms with E-state index in [2.05, 4.69) is 31.1 Å². The molecular formula is C12H13BrN4O. The average molecular weight is 309 g/mol. The zero-order valence-electron chi connectivity index (χ0n) is 10.1. The predicted molar refractivity (Wildman–Crippen MR) is 71.1 cm³/mol. The molecule has 0 aliphatic rings. The molecule has 0 radical (unpaired) electrons. The molecule has 1 aromatic carbocycles. The second kappa shape index (κ2) is 5.30. The van der Waals surface area contributed by atoms with E-state index in [-0.39, 0.29) is 5.91 Å². The minimum absolute atomic E-state index is 0.0567. The van der Waals surface area contributed by atoms with E-state index in [9.17, 15) is 4.79 Å². The fourth-order valence-corrected chi connectivity index (χ4v) is 1.98. The Labute approximate surface area is 113 Å². The molecule has 0 saturated heterocycles. The Hall–Kier alpha value is -1.69. The monoisotopic (exact) mass is 308 g/mol. The van der Waals surface area contributed by atoms with Gasteiger partial charge in [0, 0.05) is 17.1 Å².